The van der Waals surface area contributed by atoms with Gasteiger partial charge in [-0.15, -0.1) is 0 Å². The molecule has 0 atom stereocenters. The number of nitrogens with zero attached hydrogens (tertiary/aromatic N) is 1. The number of aromatic carboxylic acids is 1. The molecule has 1 aromatic rings. The predicted molar refractivity (Wildman–Crippen MR) is 76.9 cm³/mol. The molecule has 20 heavy (non-hydrogen) atoms. The number of hydrogen-bond acceptors (Lipinski definition) is 4. The molecular formula is C15H22N2O3. The molecule has 2 rings (SSSR count). The number of aliphatic hydroxyl groups is 1. The number of rotatable bonds is 5. The first-order valence-electron chi connectivity index (χ1n) is 7.01. The van der Waals surface area contributed by atoms with E-state index in [4.69, 9.17) is 5.11 Å². The van der Waals surface area contributed by atoms with Crippen molar-refractivity contribution >= 4 is 11.8 Å². The molecule has 110 valence electrons. The van der Waals surface area contributed by atoms with Crippen LogP contribution in [0.5, 0.6) is 0 Å². The van der Waals surface area contributed by atoms with Crippen molar-refractivity contribution in [2.75, 3.05) is 11.9 Å². The molecular weight excluding hydrogens is 256 g/mol. The zero-order valence-electron chi connectivity index (χ0n) is 12.0. The summed E-state index contributed by atoms with van der Waals surface area (Å²) in [4.78, 5) is 14.9. The van der Waals surface area contributed by atoms with Gasteiger partial charge in [0.1, 0.15) is 5.82 Å². The van der Waals surface area contributed by atoms with Crippen molar-refractivity contribution in [2.45, 2.75) is 45.1 Å². The van der Waals surface area contributed by atoms with Crippen LogP contribution >= 0.6 is 0 Å². The Hall–Kier alpha value is -1.62. The van der Waals surface area contributed by atoms with Crippen molar-refractivity contribution in [3.63, 3.8) is 0 Å². The van der Waals surface area contributed by atoms with E-state index in [1.165, 1.54) is 6.07 Å². The van der Waals surface area contributed by atoms with Crippen LogP contribution in [0.25, 0.3) is 0 Å². The summed E-state index contributed by atoms with van der Waals surface area (Å²) in [6.07, 6.45) is 3.77. The number of nitrogens with one attached hydrogen (secondary N) is 1. The molecule has 1 aliphatic carbocycles. The van der Waals surface area contributed by atoms with Gasteiger partial charge in [-0.3, -0.25) is 0 Å². The lowest BCUT2D eigenvalue weighted by atomic mass is 9.73. The van der Waals surface area contributed by atoms with Crippen LogP contribution < -0.4 is 5.32 Å². The van der Waals surface area contributed by atoms with E-state index in [9.17, 15) is 9.90 Å². The van der Waals surface area contributed by atoms with E-state index in [2.05, 4.69) is 10.3 Å². The average molecular weight is 278 g/mol. The topological polar surface area (TPSA) is 82.5 Å². The Balaban J connectivity index is 2.04. The minimum atomic E-state index is -1.04. The molecule has 0 amide bonds. The summed E-state index contributed by atoms with van der Waals surface area (Å²) in [5, 5.41) is 22.8. The second-order valence-electron chi connectivity index (χ2n) is 6.19. The van der Waals surface area contributed by atoms with Crippen LogP contribution in [0.1, 0.15) is 50.0 Å². The number of carbonyl (C=O) groups is 1. The molecule has 1 aromatic heterocycles. The van der Waals surface area contributed by atoms with E-state index < -0.39 is 11.6 Å². The summed E-state index contributed by atoms with van der Waals surface area (Å²) in [7, 11) is 0. The molecule has 0 bridgehead atoms. The number of carboxylic acids is 1. The van der Waals surface area contributed by atoms with Crippen LogP contribution in [0.2, 0.25) is 0 Å². The third kappa shape index (κ3) is 2.93. The van der Waals surface area contributed by atoms with Crippen LogP contribution in [0.4, 0.5) is 5.82 Å². The summed E-state index contributed by atoms with van der Waals surface area (Å²) < 4.78 is 0. The van der Waals surface area contributed by atoms with E-state index in [-0.39, 0.29) is 11.1 Å². The minimum absolute atomic E-state index is 0.0207. The van der Waals surface area contributed by atoms with Crippen molar-refractivity contribution in [1.29, 1.82) is 0 Å². The smallest absolute Gasteiger partial charge is 0.354 e. The zero-order valence-corrected chi connectivity index (χ0v) is 12.0. The largest absolute Gasteiger partial charge is 0.477 e. The molecule has 0 unspecified atom stereocenters. The predicted octanol–water partition coefficient (Wildman–Crippen LogP) is 2.52. The quantitative estimate of drug-likeness (QED) is 0.771. The summed E-state index contributed by atoms with van der Waals surface area (Å²) in [6.45, 7) is 4.62. The van der Waals surface area contributed by atoms with Gasteiger partial charge < -0.3 is 15.5 Å². The van der Waals surface area contributed by atoms with Gasteiger partial charge in [0.2, 0.25) is 0 Å². The first-order chi connectivity index (χ1) is 9.34. The van der Waals surface area contributed by atoms with Crippen molar-refractivity contribution in [1.82, 2.24) is 4.98 Å². The van der Waals surface area contributed by atoms with E-state index in [1.54, 1.807) is 12.1 Å². The third-order valence-electron chi connectivity index (χ3n) is 4.37. The number of anilines is 1. The third-order valence-corrected chi connectivity index (χ3v) is 4.37. The van der Waals surface area contributed by atoms with Crippen LogP contribution in [0, 0.1) is 5.41 Å². The normalized spacial score (nSPS) is 17.9. The molecule has 5 nitrogen and oxygen atoms in total. The van der Waals surface area contributed by atoms with Gasteiger partial charge in [0, 0.05) is 12.0 Å². The van der Waals surface area contributed by atoms with E-state index in [0.29, 0.717) is 12.4 Å². The van der Waals surface area contributed by atoms with E-state index in [0.717, 1.165) is 25.7 Å². The van der Waals surface area contributed by atoms with Crippen LogP contribution in [0.3, 0.4) is 0 Å². The molecule has 0 aromatic carbocycles. The lowest BCUT2D eigenvalue weighted by molar-refractivity contribution is -0.0541. The Morgan fingerprint density at radius 2 is 2.05 bits per heavy atom. The highest BCUT2D eigenvalue weighted by molar-refractivity contribution is 5.85. The molecule has 0 spiro atoms. The minimum Gasteiger partial charge on any atom is -0.477 e. The molecule has 1 aliphatic rings. The van der Waals surface area contributed by atoms with Crippen LogP contribution in [-0.2, 0) is 0 Å². The molecule has 0 saturated heterocycles. The van der Waals surface area contributed by atoms with Gasteiger partial charge in [0.05, 0.1) is 5.60 Å². The fourth-order valence-electron chi connectivity index (χ4n) is 2.76. The molecule has 1 heterocycles. The maximum Gasteiger partial charge on any atom is 0.354 e. The first-order valence-corrected chi connectivity index (χ1v) is 7.01. The average Bonchev–Trinajstić information content (AvgIpc) is 2.86. The fourth-order valence-corrected chi connectivity index (χ4v) is 2.76. The highest BCUT2D eigenvalue weighted by atomic mass is 16.4. The zero-order chi connectivity index (χ0) is 14.8. The monoisotopic (exact) mass is 278 g/mol. The molecule has 3 N–H and O–H groups in total. The molecule has 1 fully saturated rings. The van der Waals surface area contributed by atoms with Gasteiger partial charge in [-0.1, -0.05) is 32.8 Å². The highest BCUT2D eigenvalue weighted by Gasteiger charge is 2.45. The van der Waals surface area contributed by atoms with Gasteiger partial charge in [0.15, 0.2) is 5.69 Å². The fraction of sp³-hybridized carbons (Fsp3) is 0.600. The Bertz CT molecular complexity index is 494. The number of aromatic nitrogens is 1. The van der Waals surface area contributed by atoms with Crippen LogP contribution in [-0.4, -0.2) is 33.3 Å². The van der Waals surface area contributed by atoms with Gasteiger partial charge in [-0.2, -0.15) is 0 Å². The summed E-state index contributed by atoms with van der Waals surface area (Å²) in [5.74, 6) is -0.512. The summed E-state index contributed by atoms with van der Waals surface area (Å²) in [6, 6.07) is 4.86. The number of pyridine rings is 1. The van der Waals surface area contributed by atoms with Gasteiger partial charge in [-0.25, -0.2) is 9.78 Å². The lowest BCUT2D eigenvalue weighted by Crippen LogP contribution is -2.46. The van der Waals surface area contributed by atoms with Gasteiger partial charge in [0.25, 0.3) is 0 Å². The van der Waals surface area contributed by atoms with Crippen molar-refractivity contribution in [3.05, 3.63) is 23.9 Å². The maximum atomic E-state index is 10.9. The Labute approximate surface area is 119 Å². The van der Waals surface area contributed by atoms with E-state index >= 15 is 0 Å². The van der Waals surface area contributed by atoms with Crippen molar-refractivity contribution in [3.8, 4) is 0 Å². The standard InChI is InChI=1S/C15H22N2O3/c1-14(2,15(20)8-3-4-9-15)10-16-12-7-5-6-11(17-12)13(18)19/h5-7,20H,3-4,8-10H2,1-2H3,(H,16,17)(H,18,19). The summed E-state index contributed by atoms with van der Waals surface area (Å²) >= 11 is 0. The molecule has 0 radical (unpaired) electrons. The summed E-state index contributed by atoms with van der Waals surface area (Å²) in [5.41, 5.74) is -0.915. The molecule has 1 saturated carbocycles. The Kier molecular flexibility index (Phi) is 3.99. The SMILES string of the molecule is CC(C)(CNc1cccc(C(=O)O)n1)C1(O)CCCC1. The number of carboxylic acid groups (broad SMARTS) is 1. The van der Waals surface area contributed by atoms with Crippen molar-refractivity contribution in [2.24, 2.45) is 5.41 Å². The second kappa shape index (κ2) is 5.40. The molecule has 0 aliphatic heterocycles. The lowest BCUT2D eigenvalue weighted by Gasteiger charge is -2.40. The highest BCUT2D eigenvalue weighted by Crippen LogP contribution is 2.43. The second-order valence-corrected chi connectivity index (χ2v) is 6.19. The van der Waals surface area contributed by atoms with Gasteiger partial charge >= 0.3 is 5.97 Å². The Morgan fingerprint density at radius 1 is 1.40 bits per heavy atom. The molecule has 5 heteroatoms. The number of hydrogen-bond donors (Lipinski definition) is 3. The van der Waals surface area contributed by atoms with Crippen LogP contribution in [0.15, 0.2) is 18.2 Å². The first kappa shape index (κ1) is 14.8. The maximum absolute atomic E-state index is 10.9. The van der Waals surface area contributed by atoms with E-state index in [1.807, 2.05) is 13.8 Å². The Morgan fingerprint density at radius 3 is 2.65 bits per heavy atom. The van der Waals surface area contributed by atoms with Crippen molar-refractivity contribution < 1.29 is 15.0 Å². The van der Waals surface area contributed by atoms with Gasteiger partial charge in [-0.05, 0) is 25.0 Å².